The Kier molecular flexibility index (Phi) is 5.78. The standard InChI is InChI=1S/C15H25N5O/c1-11(2)14-19-13(21-20-14)9-6-10-17-15(16-3)18-12-7-4-5-8-12/h4-5,11-12H,6-10H2,1-3H3,(H2,16,17,18). The highest BCUT2D eigenvalue weighted by molar-refractivity contribution is 5.80. The molecule has 6 heteroatoms. The van der Waals surface area contributed by atoms with E-state index in [0.717, 1.165) is 44.0 Å². The van der Waals surface area contributed by atoms with Crippen LogP contribution < -0.4 is 10.6 Å². The van der Waals surface area contributed by atoms with Gasteiger partial charge in [-0.3, -0.25) is 4.99 Å². The summed E-state index contributed by atoms with van der Waals surface area (Å²) in [5, 5.41) is 10.7. The van der Waals surface area contributed by atoms with Crippen molar-refractivity contribution in [3.8, 4) is 0 Å². The number of hydrogen-bond acceptors (Lipinski definition) is 4. The molecule has 0 atom stereocenters. The minimum absolute atomic E-state index is 0.309. The van der Waals surface area contributed by atoms with Gasteiger partial charge in [-0.2, -0.15) is 4.98 Å². The Morgan fingerprint density at radius 3 is 2.81 bits per heavy atom. The van der Waals surface area contributed by atoms with E-state index in [0.29, 0.717) is 17.9 Å². The second kappa shape index (κ2) is 7.81. The maximum atomic E-state index is 5.22. The van der Waals surface area contributed by atoms with E-state index >= 15 is 0 Å². The minimum atomic E-state index is 0.309. The molecule has 0 aromatic carbocycles. The average Bonchev–Trinajstić information content (AvgIpc) is 3.13. The number of hydrogen-bond donors (Lipinski definition) is 2. The van der Waals surface area contributed by atoms with Crippen molar-refractivity contribution < 1.29 is 4.52 Å². The van der Waals surface area contributed by atoms with E-state index in [1.54, 1.807) is 7.05 Å². The summed E-state index contributed by atoms with van der Waals surface area (Å²) in [6, 6.07) is 0.473. The fourth-order valence-electron chi connectivity index (χ4n) is 2.17. The van der Waals surface area contributed by atoms with Gasteiger partial charge < -0.3 is 15.2 Å². The van der Waals surface area contributed by atoms with Crippen LogP contribution in [0.2, 0.25) is 0 Å². The van der Waals surface area contributed by atoms with Crippen molar-refractivity contribution in [2.75, 3.05) is 13.6 Å². The lowest BCUT2D eigenvalue weighted by Gasteiger charge is -2.16. The van der Waals surface area contributed by atoms with Gasteiger partial charge in [0.1, 0.15) is 0 Å². The molecule has 0 saturated carbocycles. The number of nitrogens with one attached hydrogen (secondary N) is 2. The van der Waals surface area contributed by atoms with Crippen LogP contribution in [0.15, 0.2) is 21.7 Å². The van der Waals surface area contributed by atoms with Gasteiger partial charge >= 0.3 is 0 Å². The van der Waals surface area contributed by atoms with Gasteiger partial charge in [0.05, 0.1) is 0 Å². The number of aryl methyl sites for hydroxylation is 1. The fourth-order valence-corrected chi connectivity index (χ4v) is 2.17. The van der Waals surface area contributed by atoms with Crippen molar-refractivity contribution in [1.82, 2.24) is 20.8 Å². The van der Waals surface area contributed by atoms with Crippen LogP contribution in [0.5, 0.6) is 0 Å². The van der Waals surface area contributed by atoms with Gasteiger partial charge in [-0.1, -0.05) is 31.2 Å². The SMILES string of the molecule is CN=C(NCCCc1nc(C(C)C)no1)NC1CC=CC1. The van der Waals surface area contributed by atoms with Gasteiger partial charge in [-0.05, 0) is 19.3 Å². The summed E-state index contributed by atoms with van der Waals surface area (Å²) in [6.07, 6.45) is 8.26. The number of rotatable bonds is 6. The van der Waals surface area contributed by atoms with Crippen LogP contribution in [0.3, 0.4) is 0 Å². The maximum absolute atomic E-state index is 5.22. The van der Waals surface area contributed by atoms with Gasteiger partial charge in [-0.25, -0.2) is 0 Å². The van der Waals surface area contributed by atoms with Gasteiger partial charge in [0.2, 0.25) is 5.89 Å². The second-order valence-electron chi connectivity index (χ2n) is 5.59. The smallest absolute Gasteiger partial charge is 0.226 e. The molecule has 1 aromatic heterocycles. The first-order valence-electron chi connectivity index (χ1n) is 7.63. The van der Waals surface area contributed by atoms with Gasteiger partial charge in [0.25, 0.3) is 0 Å². The Morgan fingerprint density at radius 1 is 1.43 bits per heavy atom. The zero-order valence-corrected chi connectivity index (χ0v) is 13.1. The quantitative estimate of drug-likeness (QED) is 0.363. The number of nitrogens with zero attached hydrogens (tertiary/aromatic N) is 3. The first kappa shape index (κ1) is 15.5. The molecule has 21 heavy (non-hydrogen) atoms. The molecule has 116 valence electrons. The summed E-state index contributed by atoms with van der Waals surface area (Å²) in [6.45, 7) is 4.95. The molecule has 1 aliphatic carbocycles. The Morgan fingerprint density at radius 2 is 2.19 bits per heavy atom. The second-order valence-corrected chi connectivity index (χ2v) is 5.59. The summed E-state index contributed by atoms with van der Waals surface area (Å²) >= 11 is 0. The normalized spacial score (nSPS) is 15.9. The highest BCUT2D eigenvalue weighted by Gasteiger charge is 2.12. The van der Waals surface area contributed by atoms with Crippen molar-refractivity contribution >= 4 is 5.96 Å². The number of guanidine groups is 1. The van der Waals surface area contributed by atoms with E-state index in [1.807, 2.05) is 0 Å². The summed E-state index contributed by atoms with van der Waals surface area (Å²) < 4.78 is 5.22. The lowest BCUT2D eigenvalue weighted by atomic mass is 10.2. The van der Waals surface area contributed by atoms with Crippen LogP contribution in [0, 0.1) is 0 Å². The van der Waals surface area contributed by atoms with Crippen LogP contribution in [0.25, 0.3) is 0 Å². The fraction of sp³-hybridized carbons (Fsp3) is 0.667. The van der Waals surface area contributed by atoms with E-state index < -0.39 is 0 Å². The molecule has 0 unspecified atom stereocenters. The first-order valence-corrected chi connectivity index (χ1v) is 7.63. The molecule has 2 rings (SSSR count). The molecule has 1 aliphatic rings. The number of aliphatic imine (C=N–C) groups is 1. The van der Waals surface area contributed by atoms with Crippen LogP contribution in [0.1, 0.15) is 50.7 Å². The van der Waals surface area contributed by atoms with Crippen LogP contribution >= 0.6 is 0 Å². The van der Waals surface area contributed by atoms with Gasteiger partial charge in [-0.15, -0.1) is 0 Å². The summed E-state index contributed by atoms with van der Waals surface area (Å²) in [4.78, 5) is 8.61. The van der Waals surface area contributed by atoms with Crippen molar-refractivity contribution in [2.24, 2.45) is 4.99 Å². The average molecular weight is 291 g/mol. The van der Waals surface area contributed by atoms with Crippen LogP contribution in [-0.2, 0) is 6.42 Å². The minimum Gasteiger partial charge on any atom is -0.356 e. The third-order valence-electron chi connectivity index (χ3n) is 3.43. The molecule has 2 N–H and O–H groups in total. The van der Waals surface area contributed by atoms with E-state index in [1.165, 1.54) is 0 Å². The molecule has 0 saturated heterocycles. The van der Waals surface area contributed by atoms with Crippen molar-refractivity contribution in [3.05, 3.63) is 23.9 Å². The molecule has 0 radical (unpaired) electrons. The molecule has 1 heterocycles. The lowest BCUT2D eigenvalue weighted by molar-refractivity contribution is 0.368. The van der Waals surface area contributed by atoms with Crippen LogP contribution in [0.4, 0.5) is 0 Å². The predicted molar refractivity (Wildman–Crippen MR) is 83.4 cm³/mol. The maximum Gasteiger partial charge on any atom is 0.226 e. The highest BCUT2D eigenvalue weighted by atomic mass is 16.5. The first-order chi connectivity index (χ1) is 10.2. The molecule has 0 bridgehead atoms. The monoisotopic (exact) mass is 291 g/mol. The van der Waals surface area contributed by atoms with E-state index in [-0.39, 0.29) is 0 Å². The molecule has 1 aromatic rings. The van der Waals surface area contributed by atoms with Crippen molar-refractivity contribution in [1.29, 1.82) is 0 Å². The van der Waals surface area contributed by atoms with E-state index in [9.17, 15) is 0 Å². The zero-order valence-electron chi connectivity index (χ0n) is 13.1. The molecule has 0 aliphatic heterocycles. The Balaban J connectivity index is 1.65. The van der Waals surface area contributed by atoms with Gasteiger partial charge in [0, 0.05) is 32.0 Å². The topological polar surface area (TPSA) is 75.3 Å². The van der Waals surface area contributed by atoms with Crippen molar-refractivity contribution in [2.45, 2.75) is 51.5 Å². The molecule has 0 amide bonds. The lowest BCUT2D eigenvalue weighted by Crippen LogP contribution is -2.42. The Bertz CT molecular complexity index is 484. The third kappa shape index (κ3) is 4.88. The number of aromatic nitrogens is 2. The summed E-state index contributed by atoms with van der Waals surface area (Å²) in [5.41, 5.74) is 0. The van der Waals surface area contributed by atoms with Gasteiger partial charge in [0.15, 0.2) is 11.8 Å². The largest absolute Gasteiger partial charge is 0.356 e. The summed E-state index contributed by atoms with van der Waals surface area (Å²) in [5.74, 6) is 2.66. The van der Waals surface area contributed by atoms with Crippen LogP contribution in [-0.4, -0.2) is 35.7 Å². The van der Waals surface area contributed by atoms with Crippen molar-refractivity contribution in [3.63, 3.8) is 0 Å². The third-order valence-corrected chi connectivity index (χ3v) is 3.43. The molecular formula is C15H25N5O. The molecule has 6 nitrogen and oxygen atoms in total. The van der Waals surface area contributed by atoms with E-state index in [2.05, 4.69) is 51.8 Å². The predicted octanol–water partition coefficient (Wildman–Crippen LogP) is 2.01. The van der Waals surface area contributed by atoms with E-state index in [4.69, 9.17) is 4.52 Å². The molecule has 0 fully saturated rings. The Labute approximate surface area is 126 Å². The highest BCUT2D eigenvalue weighted by Crippen LogP contribution is 2.10. The zero-order chi connectivity index (χ0) is 15.1. The Hall–Kier alpha value is -1.85. The molecule has 0 spiro atoms. The summed E-state index contributed by atoms with van der Waals surface area (Å²) in [7, 11) is 1.80. The molecular weight excluding hydrogens is 266 g/mol.